The highest BCUT2D eigenvalue weighted by Gasteiger charge is 2.18. The molecule has 0 radical (unpaired) electrons. The second kappa shape index (κ2) is 5.30. The summed E-state index contributed by atoms with van der Waals surface area (Å²) in [6, 6.07) is 0.798. The van der Waals surface area contributed by atoms with Gasteiger partial charge in [-0.1, -0.05) is 17.9 Å². The molecule has 0 saturated carbocycles. The molecule has 1 aliphatic rings. The highest BCUT2D eigenvalue weighted by Crippen LogP contribution is 2.20. The van der Waals surface area contributed by atoms with Gasteiger partial charge in [0.25, 0.3) is 0 Å². The van der Waals surface area contributed by atoms with E-state index in [2.05, 4.69) is 20.4 Å². The lowest BCUT2D eigenvalue weighted by Gasteiger charge is -2.16. The molecule has 0 amide bonds. The summed E-state index contributed by atoms with van der Waals surface area (Å²) in [6.45, 7) is 4.09. The highest BCUT2D eigenvalue weighted by molar-refractivity contribution is 5.24. The predicted molar refractivity (Wildman–Crippen MR) is 62.5 cm³/mol. The largest absolute Gasteiger partial charge is 0.406 e. The first kappa shape index (κ1) is 11.4. The quantitative estimate of drug-likeness (QED) is 0.847. The number of nitrogens with zero attached hydrogens (tertiary/aromatic N) is 3. The Morgan fingerprint density at radius 2 is 1.88 bits per heavy atom. The summed E-state index contributed by atoms with van der Waals surface area (Å²) in [5.74, 6) is 0.668. The second-order valence-corrected chi connectivity index (χ2v) is 4.33. The summed E-state index contributed by atoms with van der Waals surface area (Å²) in [6.07, 6.45) is 5.06. The molecule has 1 N–H and O–H groups in total. The molecule has 16 heavy (non-hydrogen) atoms. The maximum absolute atomic E-state index is 5.67. The lowest BCUT2D eigenvalue weighted by atomic mass is 10.2. The average Bonchev–Trinajstić information content (AvgIpc) is 2.64. The van der Waals surface area contributed by atoms with E-state index in [-0.39, 0.29) is 6.04 Å². The minimum Gasteiger partial charge on any atom is -0.406 e. The fourth-order valence-electron chi connectivity index (χ4n) is 1.91. The number of hydrogen-bond donors (Lipinski definition) is 1. The Hall–Kier alpha value is -1.10. The average molecular weight is 224 g/mol. The second-order valence-electron chi connectivity index (χ2n) is 4.33. The summed E-state index contributed by atoms with van der Waals surface area (Å²) < 4.78 is 5.67. The molecule has 1 aromatic rings. The molecule has 2 heterocycles. The molecular weight excluding hydrogens is 204 g/mol. The summed E-state index contributed by atoms with van der Waals surface area (Å²) in [5.41, 5.74) is 0. The third kappa shape index (κ3) is 2.52. The van der Waals surface area contributed by atoms with Crippen LogP contribution >= 0.6 is 0 Å². The van der Waals surface area contributed by atoms with Crippen molar-refractivity contribution in [2.75, 3.05) is 25.0 Å². The summed E-state index contributed by atoms with van der Waals surface area (Å²) in [5, 5.41) is 11.3. The van der Waals surface area contributed by atoms with Gasteiger partial charge in [0.2, 0.25) is 5.89 Å². The van der Waals surface area contributed by atoms with Gasteiger partial charge in [0.05, 0.1) is 6.04 Å². The molecule has 1 fully saturated rings. The van der Waals surface area contributed by atoms with Crippen LogP contribution in [0.25, 0.3) is 0 Å². The Morgan fingerprint density at radius 1 is 1.19 bits per heavy atom. The van der Waals surface area contributed by atoms with Crippen molar-refractivity contribution in [1.82, 2.24) is 15.5 Å². The van der Waals surface area contributed by atoms with Crippen molar-refractivity contribution < 1.29 is 4.42 Å². The van der Waals surface area contributed by atoms with Crippen LogP contribution in [0.1, 0.15) is 44.5 Å². The topological polar surface area (TPSA) is 54.2 Å². The fraction of sp³-hybridized carbons (Fsp3) is 0.818. The molecular formula is C11H20N4O. The number of nitrogens with one attached hydrogen (secondary N) is 1. The smallest absolute Gasteiger partial charge is 0.318 e. The molecule has 0 aliphatic carbocycles. The minimum atomic E-state index is 0.119. The van der Waals surface area contributed by atoms with Crippen molar-refractivity contribution >= 4 is 6.01 Å². The molecule has 2 rings (SSSR count). The van der Waals surface area contributed by atoms with E-state index in [1.165, 1.54) is 25.7 Å². The van der Waals surface area contributed by atoms with Crippen LogP contribution in [0, 0.1) is 0 Å². The van der Waals surface area contributed by atoms with E-state index in [1.807, 2.05) is 14.0 Å². The Kier molecular flexibility index (Phi) is 3.77. The van der Waals surface area contributed by atoms with Gasteiger partial charge in [-0.15, -0.1) is 5.10 Å². The van der Waals surface area contributed by atoms with Crippen LogP contribution in [0.5, 0.6) is 0 Å². The van der Waals surface area contributed by atoms with Gasteiger partial charge in [0, 0.05) is 13.1 Å². The van der Waals surface area contributed by atoms with Gasteiger partial charge in [-0.05, 0) is 26.8 Å². The Labute approximate surface area is 96.2 Å². The number of hydrogen-bond acceptors (Lipinski definition) is 5. The van der Waals surface area contributed by atoms with Crippen molar-refractivity contribution in [2.45, 2.75) is 38.6 Å². The lowest BCUT2D eigenvalue weighted by Crippen LogP contribution is -2.24. The van der Waals surface area contributed by atoms with Gasteiger partial charge < -0.3 is 14.6 Å². The predicted octanol–water partition coefficient (Wildman–Crippen LogP) is 1.73. The van der Waals surface area contributed by atoms with E-state index in [9.17, 15) is 0 Å². The molecule has 1 atom stereocenters. The van der Waals surface area contributed by atoms with E-state index in [0.29, 0.717) is 11.9 Å². The van der Waals surface area contributed by atoms with Crippen LogP contribution in [0.3, 0.4) is 0 Å². The first-order valence-electron chi connectivity index (χ1n) is 6.07. The van der Waals surface area contributed by atoms with E-state index in [4.69, 9.17) is 4.42 Å². The van der Waals surface area contributed by atoms with Crippen molar-refractivity contribution in [3.63, 3.8) is 0 Å². The van der Waals surface area contributed by atoms with Gasteiger partial charge in [-0.25, -0.2) is 0 Å². The summed E-state index contributed by atoms with van der Waals surface area (Å²) in [4.78, 5) is 2.20. The maximum Gasteiger partial charge on any atom is 0.318 e. The summed E-state index contributed by atoms with van der Waals surface area (Å²) >= 11 is 0. The Balaban J connectivity index is 2.05. The molecule has 5 heteroatoms. The number of aromatic nitrogens is 2. The molecule has 1 aromatic heterocycles. The summed E-state index contributed by atoms with van der Waals surface area (Å²) in [7, 11) is 1.89. The standard InChI is InChI=1S/C11H20N4O/c1-9(12-2)10-13-14-11(16-10)15-7-5-3-4-6-8-15/h9,12H,3-8H2,1-2H3. The maximum atomic E-state index is 5.67. The van der Waals surface area contributed by atoms with E-state index >= 15 is 0 Å². The van der Waals surface area contributed by atoms with Crippen LogP contribution in [0.15, 0.2) is 4.42 Å². The normalized spacial score (nSPS) is 19.5. The van der Waals surface area contributed by atoms with Gasteiger partial charge >= 0.3 is 6.01 Å². The molecule has 1 unspecified atom stereocenters. The van der Waals surface area contributed by atoms with Crippen LogP contribution in [-0.2, 0) is 0 Å². The molecule has 90 valence electrons. The van der Waals surface area contributed by atoms with Crippen molar-refractivity contribution in [1.29, 1.82) is 0 Å². The van der Waals surface area contributed by atoms with Crippen LogP contribution in [-0.4, -0.2) is 30.3 Å². The molecule has 5 nitrogen and oxygen atoms in total. The first-order chi connectivity index (χ1) is 7.81. The molecule has 0 aromatic carbocycles. The van der Waals surface area contributed by atoms with Crippen molar-refractivity contribution in [2.24, 2.45) is 0 Å². The Morgan fingerprint density at radius 3 is 2.50 bits per heavy atom. The fourth-order valence-corrected chi connectivity index (χ4v) is 1.91. The van der Waals surface area contributed by atoms with Crippen molar-refractivity contribution in [3.05, 3.63) is 5.89 Å². The zero-order valence-corrected chi connectivity index (χ0v) is 10.1. The molecule has 1 aliphatic heterocycles. The van der Waals surface area contributed by atoms with Gasteiger partial charge in [0.1, 0.15) is 0 Å². The number of rotatable bonds is 3. The molecule has 0 bridgehead atoms. The minimum absolute atomic E-state index is 0.119. The third-order valence-electron chi connectivity index (χ3n) is 3.11. The number of anilines is 1. The zero-order chi connectivity index (χ0) is 11.4. The third-order valence-corrected chi connectivity index (χ3v) is 3.11. The highest BCUT2D eigenvalue weighted by atomic mass is 16.4. The van der Waals surface area contributed by atoms with E-state index < -0.39 is 0 Å². The Bertz CT molecular complexity index is 318. The van der Waals surface area contributed by atoms with Crippen LogP contribution < -0.4 is 10.2 Å². The SMILES string of the molecule is CNC(C)c1nnc(N2CCCCCC2)o1. The molecule has 0 spiro atoms. The van der Waals surface area contributed by atoms with E-state index in [0.717, 1.165) is 13.1 Å². The molecule has 1 saturated heterocycles. The van der Waals surface area contributed by atoms with Crippen LogP contribution in [0.2, 0.25) is 0 Å². The van der Waals surface area contributed by atoms with Gasteiger partial charge in [-0.3, -0.25) is 0 Å². The first-order valence-corrected chi connectivity index (χ1v) is 6.07. The van der Waals surface area contributed by atoms with Gasteiger partial charge in [-0.2, -0.15) is 0 Å². The monoisotopic (exact) mass is 224 g/mol. The van der Waals surface area contributed by atoms with E-state index in [1.54, 1.807) is 0 Å². The zero-order valence-electron chi connectivity index (χ0n) is 10.1. The van der Waals surface area contributed by atoms with Gasteiger partial charge in [0.15, 0.2) is 0 Å². The van der Waals surface area contributed by atoms with Crippen LogP contribution in [0.4, 0.5) is 6.01 Å². The van der Waals surface area contributed by atoms with Crippen molar-refractivity contribution in [3.8, 4) is 0 Å². The lowest BCUT2D eigenvalue weighted by molar-refractivity contribution is 0.429.